The number of halogens is 2. The Morgan fingerprint density at radius 2 is 2.18 bits per heavy atom. The van der Waals surface area contributed by atoms with Crippen molar-refractivity contribution in [3.05, 3.63) is 27.7 Å². The van der Waals surface area contributed by atoms with Crippen molar-refractivity contribution in [2.75, 3.05) is 20.2 Å². The van der Waals surface area contributed by atoms with Crippen LogP contribution in [0.1, 0.15) is 23.5 Å². The Hall–Kier alpha value is -0.250. The third kappa shape index (κ3) is 2.09. The SMILES string of the molecule is COc1ccc(Br)c2c1C1CNCC1CC2.Cl. The van der Waals surface area contributed by atoms with Crippen molar-refractivity contribution in [3.8, 4) is 5.75 Å². The fraction of sp³-hybridized carbons (Fsp3) is 0.538. The van der Waals surface area contributed by atoms with Crippen LogP contribution in [-0.2, 0) is 6.42 Å². The van der Waals surface area contributed by atoms with Gasteiger partial charge in [0.05, 0.1) is 7.11 Å². The van der Waals surface area contributed by atoms with Gasteiger partial charge in [-0.1, -0.05) is 15.9 Å². The lowest BCUT2D eigenvalue weighted by molar-refractivity contribution is 0.384. The largest absolute Gasteiger partial charge is 0.496 e. The van der Waals surface area contributed by atoms with Gasteiger partial charge in [-0.25, -0.2) is 0 Å². The Morgan fingerprint density at radius 1 is 1.35 bits per heavy atom. The molecule has 0 aromatic heterocycles. The van der Waals surface area contributed by atoms with E-state index in [9.17, 15) is 0 Å². The van der Waals surface area contributed by atoms with Gasteiger partial charge in [-0.15, -0.1) is 12.4 Å². The summed E-state index contributed by atoms with van der Waals surface area (Å²) in [5.41, 5.74) is 2.91. The summed E-state index contributed by atoms with van der Waals surface area (Å²) in [6.45, 7) is 2.27. The van der Waals surface area contributed by atoms with Crippen molar-refractivity contribution >= 4 is 28.3 Å². The third-order valence-electron chi connectivity index (χ3n) is 3.96. The first-order chi connectivity index (χ1) is 7.81. The van der Waals surface area contributed by atoms with Gasteiger partial charge in [-0.05, 0) is 43.0 Å². The van der Waals surface area contributed by atoms with Gasteiger partial charge in [0.25, 0.3) is 0 Å². The summed E-state index contributed by atoms with van der Waals surface area (Å²) < 4.78 is 6.77. The minimum Gasteiger partial charge on any atom is -0.496 e. The zero-order valence-corrected chi connectivity index (χ0v) is 12.2. The van der Waals surface area contributed by atoms with Crippen LogP contribution in [0.4, 0.5) is 0 Å². The highest BCUT2D eigenvalue weighted by molar-refractivity contribution is 9.10. The van der Waals surface area contributed by atoms with Gasteiger partial charge in [0.2, 0.25) is 0 Å². The summed E-state index contributed by atoms with van der Waals surface area (Å²) in [4.78, 5) is 0. The van der Waals surface area contributed by atoms with Crippen LogP contribution in [0.15, 0.2) is 16.6 Å². The van der Waals surface area contributed by atoms with Gasteiger partial charge in [-0.3, -0.25) is 0 Å². The standard InChI is InChI=1S/C13H16BrNO.ClH/c1-16-12-5-4-11(14)9-3-2-8-6-15-7-10(8)13(9)12;/h4-5,8,10,15H,2-3,6-7H2,1H3;1H. The predicted octanol–water partition coefficient (Wildman–Crippen LogP) is 3.13. The molecule has 1 heterocycles. The van der Waals surface area contributed by atoms with E-state index in [0.29, 0.717) is 5.92 Å². The third-order valence-corrected chi connectivity index (χ3v) is 4.70. The molecule has 2 unspecified atom stereocenters. The van der Waals surface area contributed by atoms with Gasteiger partial charge in [0.15, 0.2) is 0 Å². The Balaban J connectivity index is 0.00000108. The first-order valence-electron chi connectivity index (χ1n) is 5.87. The predicted molar refractivity (Wildman–Crippen MR) is 75.4 cm³/mol. The highest BCUT2D eigenvalue weighted by Gasteiger charge is 2.36. The smallest absolute Gasteiger partial charge is 0.122 e. The number of fused-ring (bicyclic) bond motifs is 3. The minimum absolute atomic E-state index is 0. The maximum atomic E-state index is 5.53. The van der Waals surface area contributed by atoms with Crippen LogP contribution in [0.3, 0.4) is 0 Å². The first-order valence-corrected chi connectivity index (χ1v) is 6.66. The summed E-state index contributed by atoms with van der Waals surface area (Å²) in [6, 6.07) is 4.20. The molecule has 0 spiro atoms. The average molecular weight is 319 g/mol. The highest BCUT2D eigenvalue weighted by Crippen LogP contribution is 2.45. The molecule has 17 heavy (non-hydrogen) atoms. The molecule has 94 valence electrons. The number of ether oxygens (including phenoxy) is 1. The zero-order valence-electron chi connectivity index (χ0n) is 9.83. The quantitative estimate of drug-likeness (QED) is 0.859. The highest BCUT2D eigenvalue weighted by atomic mass is 79.9. The molecule has 0 amide bonds. The molecule has 2 nitrogen and oxygen atoms in total. The molecule has 2 aliphatic rings. The van der Waals surface area contributed by atoms with Crippen LogP contribution in [-0.4, -0.2) is 20.2 Å². The van der Waals surface area contributed by atoms with Crippen LogP contribution >= 0.6 is 28.3 Å². The van der Waals surface area contributed by atoms with Gasteiger partial charge in [0, 0.05) is 22.5 Å². The molecule has 0 saturated carbocycles. The van der Waals surface area contributed by atoms with E-state index >= 15 is 0 Å². The lowest BCUT2D eigenvalue weighted by Crippen LogP contribution is -2.20. The maximum Gasteiger partial charge on any atom is 0.122 e. The van der Waals surface area contributed by atoms with E-state index < -0.39 is 0 Å². The summed E-state index contributed by atoms with van der Waals surface area (Å²) in [5, 5.41) is 3.51. The van der Waals surface area contributed by atoms with Crippen molar-refractivity contribution in [1.29, 1.82) is 0 Å². The molecule has 1 saturated heterocycles. The molecule has 1 aliphatic carbocycles. The van der Waals surface area contributed by atoms with E-state index in [0.717, 1.165) is 18.2 Å². The lowest BCUT2D eigenvalue weighted by Gasteiger charge is -2.29. The maximum absolute atomic E-state index is 5.53. The van der Waals surface area contributed by atoms with E-state index in [-0.39, 0.29) is 12.4 Å². The van der Waals surface area contributed by atoms with E-state index in [1.165, 1.54) is 35.0 Å². The Kier molecular flexibility index (Phi) is 4.01. The van der Waals surface area contributed by atoms with Crippen molar-refractivity contribution in [2.24, 2.45) is 5.92 Å². The van der Waals surface area contributed by atoms with Crippen LogP contribution in [0, 0.1) is 5.92 Å². The Labute approximate surface area is 117 Å². The minimum atomic E-state index is 0. The molecule has 0 radical (unpaired) electrons. The summed E-state index contributed by atoms with van der Waals surface area (Å²) >= 11 is 3.67. The van der Waals surface area contributed by atoms with Crippen LogP contribution < -0.4 is 10.1 Å². The molecule has 3 rings (SSSR count). The summed E-state index contributed by atoms with van der Waals surface area (Å²) in [6.07, 6.45) is 2.48. The Bertz CT molecular complexity index is 424. The average Bonchev–Trinajstić information content (AvgIpc) is 2.77. The number of nitrogens with one attached hydrogen (secondary N) is 1. The van der Waals surface area contributed by atoms with Crippen LogP contribution in [0.25, 0.3) is 0 Å². The fourth-order valence-corrected chi connectivity index (χ4v) is 3.70. The van der Waals surface area contributed by atoms with E-state index in [1.54, 1.807) is 7.11 Å². The molecule has 1 aromatic carbocycles. The molecule has 1 N–H and O–H groups in total. The topological polar surface area (TPSA) is 21.3 Å². The van der Waals surface area contributed by atoms with E-state index in [2.05, 4.69) is 33.4 Å². The summed E-state index contributed by atoms with van der Waals surface area (Å²) in [7, 11) is 1.77. The molecule has 0 bridgehead atoms. The van der Waals surface area contributed by atoms with Gasteiger partial charge >= 0.3 is 0 Å². The number of benzene rings is 1. The number of rotatable bonds is 1. The summed E-state index contributed by atoms with van der Waals surface area (Å²) in [5.74, 6) is 2.52. The Morgan fingerprint density at radius 3 is 2.94 bits per heavy atom. The normalized spacial score (nSPS) is 25.8. The first kappa shape index (κ1) is 13.2. The lowest BCUT2D eigenvalue weighted by atomic mass is 9.76. The molecule has 1 fully saturated rings. The monoisotopic (exact) mass is 317 g/mol. The molecule has 2 atom stereocenters. The number of hydrogen-bond donors (Lipinski definition) is 1. The van der Waals surface area contributed by atoms with Crippen molar-refractivity contribution in [3.63, 3.8) is 0 Å². The second-order valence-electron chi connectivity index (χ2n) is 4.71. The molecule has 4 heteroatoms. The second kappa shape index (κ2) is 5.17. The van der Waals surface area contributed by atoms with Gasteiger partial charge < -0.3 is 10.1 Å². The number of methoxy groups -OCH3 is 1. The fourth-order valence-electron chi connectivity index (χ4n) is 3.16. The van der Waals surface area contributed by atoms with Crippen LogP contribution in [0.2, 0.25) is 0 Å². The zero-order chi connectivity index (χ0) is 11.1. The molecular formula is C13H17BrClNO. The molecule has 1 aliphatic heterocycles. The van der Waals surface area contributed by atoms with E-state index in [4.69, 9.17) is 4.74 Å². The van der Waals surface area contributed by atoms with Crippen molar-refractivity contribution in [1.82, 2.24) is 5.32 Å². The van der Waals surface area contributed by atoms with Gasteiger partial charge in [0.1, 0.15) is 5.75 Å². The van der Waals surface area contributed by atoms with E-state index in [1.807, 2.05) is 0 Å². The second-order valence-corrected chi connectivity index (χ2v) is 5.56. The number of hydrogen-bond acceptors (Lipinski definition) is 2. The molecule has 1 aromatic rings. The van der Waals surface area contributed by atoms with Crippen molar-refractivity contribution < 1.29 is 4.74 Å². The van der Waals surface area contributed by atoms with Gasteiger partial charge in [-0.2, -0.15) is 0 Å². The van der Waals surface area contributed by atoms with Crippen LogP contribution in [0.5, 0.6) is 5.75 Å². The molecular weight excluding hydrogens is 302 g/mol. The van der Waals surface area contributed by atoms with Crippen molar-refractivity contribution in [2.45, 2.75) is 18.8 Å².